The summed E-state index contributed by atoms with van der Waals surface area (Å²) in [4.78, 5) is 14.0. The van der Waals surface area contributed by atoms with Gasteiger partial charge < -0.3 is 15.3 Å². The number of rotatable bonds is 5. The van der Waals surface area contributed by atoms with Crippen LogP contribution in [0.2, 0.25) is 0 Å². The molecule has 4 heteroatoms. The van der Waals surface area contributed by atoms with E-state index in [0.29, 0.717) is 11.9 Å². The fraction of sp³-hybridized carbons (Fsp3) is 0.917. The Kier molecular flexibility index (Phi) is 4.18. The first-order valence-corrected chi connectivity index (χ1v) is 6.46. The second kappa shape index (κ2) is 5.64. The summed E-state index contributed by atoms with van der Waals surface area (Å²) in [5.41, 5.74) is 0. The molecule has 2 unspecified atom stereocenters. The summed E-state index contributed by atoms with van der Waals surface area (Å²) >= 11 is 0. The van der Waals surface area contributed by atoms with Crippen molar-refractivity contribution in [2.75, 3.05) is 26.2 Å². The van der Waals surface area contributed by atoms with Gasteiger partial charge in [0.2, 0.25) is 5.91 Å². The number of nitrogens with zero attached hydrogens (tertiary/aromatic N) is 1. The number of hydrogen-bond donors (Lipinski definition) is 2. The van der Waals surface area contributed by atoms with E-state index in [1.165, 1.54) is 0 Å². The van der Waals surface area contributed by atoms with E-state index in [1.807, 2.05) is 4.90 Å². The summed E-state index contributed by atoms with van der Waals surface area (Å²) in [6.07, 6.45) is 5.08. The Labute approximate surface area is 97.0 Å². The minimum absolute atomic E-state index is 0.242. The molecule has 2 atom stereocenters. The third-order valence-electron chi connectivity index (χ3n) is 3.72. The molecule has 0 saturated carbocycles. The van der Waals surface area contributed by atoms with Crippen LogP contribution in [0.4, 0.5) is 0 Å². The van der Waals surface area contributed by atoms with E-state index in [0.717, 1.165) is 51.7 Å². The molecule has 0 spiro atoms. The summed E-state index contributed by atoms with van der Waals surface area (Å²) in [5.74, 6) is 0.591. The molecule has 0 aromatic heterocycles. The molecule has 2 rings (SSSR count). The number of hydrogen-bond acceptors (Lipinski definition) is 3. The molecular weight excluding hydrogens is 204 g/mol. The van der Waals surface area contributed by atoms with Gasteiger partial charge in [0.1, 0.15) is 0 Å². The van der Waals surface area contributed by atoms with Crippen LogP contribution in [0.1, 0.15) is 32.1 Å². The Balaban J connectivity index is 1.76. The molecule has 4 nitrogen and oxygen atoms in total. The Hall–Kier alpha value is -0.610. The number of amides is 1. The summed E-state index contributed by atoms with van der Waals surface area (Å²) < 4.78 is 0. The molecule has 2 aliphatic rings. The largest absolute Gasteiger partial charge is 0.396 e. The fourth-order valence-corrected chi connectivity index (χ4v) is 2.79. The highest BCUT2D eigenvalue weighted by Crippen LogP contribution is 2.26. The van der Waals surface area contributed by atoms with E-state index in [1.54, 1.807) is 0 Å². The Morgan fingerprint density at radius 3 is 3.00 bits per heavy atom. The number of likely N-dealkylation sites (tertiary alicyclic amines) is 1. The van der Waals surface area contributed by atoms with E-state index in [9.17, 15) is 4.79 Å². The zero-order valence-electron chi connectivity index (χ0n) is 9.82. The number of piperidine rings is 1. The number of aliphatic hydroxyl groups is 1. The van der Waals surface area contributed by atoms with Gasteiger partial charge in [-0.15, -0.1) is 0 Å². The van der Waals surface area contributed by atoms with Gasteiger partial charge >= 0.3 is 0 Å². The zero-order valence-corrected chi connectivity index (χ0v) is 9.82. The van der Waals surface area contributed by atoms with Gasteiger partial charge in [-0.3, -0.25) is 4.79 Å². The highest BCUT2D eigenvalue weighted by Gasteiger charge is 2.40. The van der Waals surface area contributed by atoms with Crippen LogP contribution in [0.25, 0.3) is 0 Å². The van der Waals surface area contributed by atoms with Crippen LogP contribution in [0, 0.1) is 5.92 Å². The average Bonchev–Trinajstić information content (AvgIpc) is 2.63. The third-order valence-corrected chi connectivity index (χ3v) is 3.72. The van der Waals surface area contributed by atoms with Crippen molar-refractivity contribution in [2.24, 2.45) is 5.92 Å². The second-order valence-electron chi connectivity index (χ2n) is 4.88. The zero-order chi connectivity index (χ0) is 11.4. The second-order valence-corrected chi connectivity index (χ2v) is 4.88. The predicted molar refractivity (Wildman–Crippen MR) is 62.0 cm³/mol. The molecule has 2 fully saturated rings. The van der Waals surface area contributed by atoms with Crippen molar-refractivity contribution >= 4 is 5.91 Å². The van der Waals surface area contributed by atoms with Gasteiger partial charge in [0.05, 0.1) is 5.92 Å². The normalized spacial score (nSPS) is 29.6. The first-order chi connectivity index (χ1) is 7.83. The van der Waals surface area contributed by atoms with Crippen molar-refractivity contribution < 1.29 is 9.90 Å². The monoisotopic (exact) mass is 226 g/mol. The minimum atomic E-state index is 0.242. The maximum atomic E-state index is 12.0. The molecule has 2 heterocycles. The summed E-state index contributed by atoms with van der Waals surface area (Å²) in [7, 11) is 0. The van der Waals surface area contributed by atoms with Crippen molar-refractivity contribution in [3.8, 4) is 0 Å². The van der Waals surface area contributed by atoms with E-state index < -0.39 is 0 Å². The van der Waals surface area contributed by atoms with Crippen LogP contribution in [0.5, 0.6) is 0 Å². The lowest BCUT2D eigenvalue weighted by Gasteiger charge is -2.23. The van der Waals surface area contributed by atoms with E-state index >= 15 is 0 Å². The van der Waals surface area contributed by atoms with Crippen molar-refractivity contribution in [3.63, 3.8) is 0 Å². The van der Waals surface area contributed by atoms with Gasteiger partial charge in [0.15, 0.2) is 0 Å². The SMILES string of the molecule is O=C1C2CCCNC2CN1CCCCCO. The smallest absolute Gasteiger partial charge is 0.227 e. The summed E-state index contributed by atoms with van der Waals surface area (Å²) in [5, 5.41) is 12.1. The molecular formula is C12H22N2O2. The molecule has 1 amide bonds. The Morgan fingerprint density at radius 1 is 1.38 bits per heavy atom. The lowest BCUT2D eigenvalue weighted by molar-refractivity contribution is -0.131. The minimum Gasteiger partial charge on any atom is -0.396 e. The predicted octanol–water partition coefficient (Wildman–Crippen LogP) is 0.359. The summed E-state index contributed by atoms with van der Waals surface area (Å²) in [6, 6.07) is 0.402. The van der Waals surface area contributed by atoms with Crippen LogP contribution >= 0.6 is 0 Å². The quantitative estimate of drug-likeness (QED) is 0.666. The molecule has 2 aliphatic heterocycles. The topological polar surface area (TPSA) is 52.6 Å². The van der Waals surface area contributed by atoms with Gasteiger partial charge in [-0.2, -0.15) is 0 Å². The molecule has 0 bridgehead atoms. The maximum absolute atomic E-state index is 12.0. The molecule has 92 valence electrons. The van der Waals surface area contributed by atoms with Gasteiger partial charge in [-0.25, -0.2) is 0 Å². The number of carbonyl (C=O) groups excluding carboxylic acids is 1. The van der Waals surface area contributed by atoms with Crippen LogP contribution < -0.4 is 5.32 Å². The lowest BCUT2D eigenvalue weighted by atomic mass is 9.94. The Morgan fingerprint density at radius 2 is 2.25 bits per heavy atom. The van der Waals surface area contributed by atoms with Crippen molar-refractivity contribution in [3.05, 3.63) is 0 Å². The maximum Gasteiger partial charge on any atom is 0.227 e. The molecule has 0 radical (unpaired) electrons. The van der Waals surface area contributed by atoms with E-state index in [4.69, 9.17) is 5.11 Å². The first-order valence-electron chi connectivity index (χ1n) is 6.46. The van der Waals surface area contributed by atoms with Gasteiger partial charge in [0, 0.05) is 25.7 Å². The van der Waals surface area contributed by atoms with Gasteiger partial charge in [-0.05, 0) is 38.6 Å². The first kappa shape index (κ1) is 11.9. The van der Waals surface area contributed by atoms with Gasteiger partial charge in [-0.1, -0.05) is 0 Å². The third kappa shape index (κ3) is 2.55. The van der Waals surface area contributed by atoms with Crippen LogP contribution in [0.3, 0.4) is 0 Å². The molecule has 2 N–H and O–H groups in total. The molecule has 16 heavy (non-hydrogen) atoms. The summed E-state index contributed by atoms with van der Waals surface area (Å²) in [6.45, 7) is 3.09. The number of fused-ring (bicyclic) bond motifs is 1. The van der Waals surface area contributed by atoms with Crippen LogP contribution in [-0.2, 0) is 4.79 Å². The van der Waals surface area contributed by atoms with Crippen LogP contribution in [0.15, 0.2) is 0 Å². The van der Waals surface area contributed by atoms with E-state index in [-0.39, 0.29) is 12.5 Å². The molecule has 2 saturated heterocycles. The highest BCUT2D eigenvalue weighted by molar-refractivity contribution is 5.82. The highest BCUT2D eigenvalue weighted by atomic mass is 16.2. The molecule has 0 aromatic carbocycles. The van der Waals surface area contributed by atoms with Gasteiger partial charge in [0.25, 0.3) is 0 Å². The standard InChI is InChI=1S/C12H22N2O2/c15-8-3-1-2-7-14-9-11-10(12(14)16)5-4-6-13-11/h10-11,13,15H,1-9H2. The van der Waals surface area contributed by atoms with E-state index in [2.05, 4.69) is 5.32 Å². The molecule has 0 aliphatic carbocycles. The number of unbranched alkanes of at least 4 members (excludes halogenated alkanes) is 2. The molecule has 0 aromatic rings. The fourth-order valence-electron chi connectivity index (χ4n) is 2.79. The average molecular weight is 226 g/mol. The van der Waals surface area contributed by atoms with Crippen molar-refractivity contribution in [2.45, 2.75) is 38.1 Å². The number of nitrogens with one attached hydrogen (secondary N) is 1. The lowest BCUT2D eigenvalue weighted by Crippen LogP contribution is -2.41. The van der Waals surface area contributed by atoms with Crippen LogP contribution in [-0.4, -0.2) is 48.2 Å². The number of aliphatic hydroxyl groups excluding tert-OH is 1. The van der Waals surface area contributed by atoms with Crippen molar-refractivity contribution in [1.29, 1.82) is 0 Å². The Bertz CT molecular complexity index is 245. The van der Waals surface area contributed by atoms with Crippen molar-refractivity contribution in [1.82, 2.24) is 10.2 Å². The number of carbonyl (C=O) groups is 1.